The summed E-state index contributed by atoms with van der Waals surface area (Å²) in [6, 6.07) is 17.6. The average molecular weight is 441 g/mol. The number of para-hydroxylation sites is 1. The maximum Gasteiger partial charge on any atom is 0.169 e. The second kappa shape index (κ2) is 8.19. The number of anilines is 2. The molecule has 0 spiro atoms. The van der Waals surface area contributed by atoms with E-state index in [4.69, 9.17) is 16.2 Å². The van der Waals surface area contributed by atoms with Crippen LogP contribution >= 0.6 is 0 Å². The van der Waals surface area contributed by atoms with Gasteiger partial charge in [0.2, 0.25) is 0 Å². The van der Waals surface area contributed by atoms with Crippen LogP contribution in [0.5, 0.6) is 5.75 Å². The van der Waals surface area contributed by atoms with E-state index in [9.17, 15) is 4.39 Å². The molecule has 0 aliphatic carbocycles. The van der Waals surface area contributed by atoms with Crippen molar-refractivity contribution >= 4 is 22.7 Å². The molecule has 0 radical (unpaired) electrons. The molecule has 0 saturated heterocycles. The third kappa shape index (κ3) is 3.80. The Balaban J connectivity index is 1.71. The topological polar surface area (TPSA) is 118 Å². The van der Waals surface area contributed by atoms with E-state index >= 15 is 0 Å². The number of nitrogen functional groups attached to an aromatic ring is 2. The molecule has 3 aromatic heterocycles. The van der Waals surface area contributed by atoms with Crippen LogP contribution in [0.3, 0.4) is 0 Å². The van der Waals surface area contributed by atoms with Gasteiger partial charge in [0.1, 0.15) is 29.8 Å². The molecule has 164 valence electrons. The number of fused-ring (bicyclic) bond motifs is 1. The molecule has 0 aliphatic rings. The van der Waals surface area contributed by atoms with Crippen LogP contribution < -0.4 is 16.2 Å². The van der Waals surface area contributed by atoms with Gasteiger partial charge in [0, 0.05) is 17.8 Å². The average Bonchev–Trinajstić information content (AvgIpc) is 3.15. The quantitative estimate of drug-likeness (QED) is 0.422. The molecule has 0 bridgehead atoms. The highest BCUT2D eigenvalue weighted by molar-refractivity contribution is 5.92. The molecule has 3 heterocycles. The summed E-state index contributed by atoms with van der Waals surface area (Å²) >= 11 is 0. The predicted octanol–water partition coefficient (Wildman–Crippen LogP) is 4.07. The van der Waals surface area contributed by atoms with Crippen LogP contribution in [0.25, 0.3) is 28.1 Å². The minimum Gasteiger partial charge on any atom is -0.487 e. The molecule has 0 saturated carbocycles. The number of nitrogens with zero attached hydrogens (tertiary/aromatic N) is 5. The van der Waals surface area contributed by atoms with Crippen LogP contribution in [0.15, 0.2) is 66.9 Å². The van der Waals surface area contributed by atoms with Gasteiger partial charge in [-0.15, -0.1) is 0 Å². The molecule has 9 heteroatoms. The number of pyridine rings is 1. The number of ether oxygens (including phenoxy) is 1. The van der Waals surface area contributed by atoms with Gasteiger partial charge < -0.3 is 16.2 Å². The molecule has 0 amide bonds. The largest absolute Gasteiger partial charge is 0.487 e. The van der Waals surface area contributed by atoms with Gasteiger partial charge in [-0.05, 0) is 25.1 Å². The number of halogens is 1. The smallest absolute Gasteiger partial charge is 0.169 e. The van der Waals surface area contributed by atoms with Crippen molar-refractivity contribution in [1.82, 2.24) is 24.7 Å². The third-order valence-electron chi connectivity index (χ3n) is 5.16. The number of aromatic nitrogens is 5. The molecule has 0 unspecified atom stereocenters. The first-order valence-corrected chi connectivity index (χ1v) is 10.2. The second-order valence-corrected chi connectivity index (χ2v) is 7.45. The van der Waals surface area contributed by atoms with Crippen molar-refractivity contribution in [3.63, 3.8) is 0 Å². The van der Waals surface area contributed by atoms with Gasteiger partial charge in [-0.1, -0.05) is 36.4 Å². The standard InChI is InChI=1S/C24H20FN7O/c1-14-21-22(33-13-15-7-5-6-10-18(15)25)17(23-29-19(26)11-20(27)30-23)12-28-24(21)32(31-14)16-8-3-2-4-9-16/h2-12H,13H2,1H3,(H4,26,27,29,30). The minimum atomic E-state index is -0.356. The van der Waals surface area contributed by atoms with E-state index in [1.165, 1.54) is 12.1 Å². The first kappa shape index (κ1) is 20.4. The highest BCUT2D eigenvalue weighted by Gasteiger charge is 2.22. The van der Waals surface area contributed by atoms with Gasteiger partial charge in [-0.3, -0.25) is 0 Å². The molecular weight excluding hydrogens is 421 g/mol. The van der Waals surface area contributed by atoms with E-state index < -0.39 is 0 Å². The molecule has 8 nitrogen and oxygen atoms in total. The predicted molar refractivity (Wildman–Crippen MR) is 124 cm³/mol. The number of nitrogens with two attached hydrogens (primary N) is 2. The Morgan fingerprint density at radius 1 is 0.970 bits per heavy atom. The first-order chi connectivity index (χ1) is 16.0. The first-order valence-electron chi connectivity index (χ1n) is 10.2. The molecule has 0 aliphatic heterocycles. The fraction of sp³-hybridized carbons (Fsp3) is 0.0833. The van der Waals surface area contributed by atoms with Crippen molar-refractivity contribution in [2.24, 2.45) is 0 Å². The highest BCUT2D eigenvalue weighted by Crippen LogP contribution is 2.38. The van der Waals surface area contributed by atoms with Crippen molar-refractivity contribution in [3.05, 3.63) is 83.9 Å². The molecule has 33 heavy (non-hydrogen) atoms. The van der Waals surface area contributed by atoms with Crippen LogP contribution in [-0.4, -0.2) is 24.7 Å². The van der Waals surface area contributed by atoms with Crippen LogP contribution in [-0.2, 0) is 6.61 Å². The van der Waals surface area contributed by atoms with E-state index in [0.717, 1.165) is 5.69 Å². The van der Waals surface area contributed by atoms with Crippen LogP contribution in [0.4, 0.5) is 16.0 Å². The summed E-state index contributed by atoms with van der Waals surface area (Å²) in [5.74, 6) is 0.763. The van der Waals surface area contributed by atoms with Crippen molar-refractivity contribution < 1.29 is 9.13 Å². The number of hydrogen-bond donors (Lipinski definition) is 2. The number of benzene rings is 2. The van der Waals surface area contributed by atoms with Crippen LogP contribution in [0.2, 0.25) is 0 Å². The van der Waals surface area contributed by atoms with Gasteiger partial charge in [0.05, 0.1) is 22.3 Å². The summed E-state index contributed by atoms with van der Waals surface area (Å²) in [5.41, 5.74) is 14.8. The zero-order valence-electron chi connectivity index (χ0n) is 17.7. The highest BCUT2D eigenvalue weighted by atomic mass is 19.1. The normalized spacial score (nSPS) is 11.1. The lowest BCUT2D eigenvalue weighted by Gasteiger charge is -2.13. The van der Waals surface area contributed by atoms with E-state index in [-0.39, 0.29) is 29.9 Å². The van der Waals surface area contributed by atoms with Gasteiger partial charge >= 0.3 is 0 Å². The van der Waals surface area contributed by atoms with Gasteiger partial charge in [-0.2, -0.15) is 5.10 Å². The van der Waals surface area contributed by atoms with Crippen molar-refractivity contribution in [3.8, 4) is 22.8 Å². The summed E-state index contributed by atoms with van der Waals surface area (Å²) in [6.07, 6.45) is 1.59. The number of aryl methyl sites for hydroxylation is 1. The Hall–Kier alpha value is -4.53. The van der Waals surface area contributed by atoms with Crippen LogP contribution in [0, 0.1) is 12.7 Å². The SMILES string of the molecule is Cc1nn(-c2ccccc2)c2ncc(-c3nc(N)cc(N)n3)c(OCc3ccccc3F)c12. The number of hydrogen-bond acceptors (Lipinski definition) is 7. The zero-order valence-corrected chi connectivity index (χ0v) is 17.7. The van der Waals surface area contributed by atoms with Crippen molar-refractivity contribution in [2.75, 3.05) is 11.5 Å². The van der Waals surface area contributed by atoms with Crippen molar-refractivity contribution in [2.45, 2.75) is 13.5 Å². The lowest BCUT2D eigenvalue weighted by atomic mass is 10.1. The van der Waals surface area contributed by atoms with E-state index in [0.29, 0.717) is 33.6 Å². The summed E-state index contributed by atoms with van der Waals surface area (Å²) in [6.45, 7) is 1.85. The van der Waals surface area contributed by atoms with E-state index in [1.807, 2.05) is 37.3 Å². The maximum atomic E-state index is 14.3. The monoisotopic (exact) mass is 441 g/mol. The molecule has 5 aromatic rings. The van der Waals surface area contributed by atoms with Crippen molar-refractivity contribution in [1.29, 1.82) is 0 Å². The molecule has 0 fully saturated rings. The molecule has 4 N–H and O–H groups in total. The maximum absolute atomic E-state index is 14.3. The fourth-order valence-electron chi connectivity index (χ4n) is 3.65. The molecule has 2 aromatic carbocycles. The summed E-state index contributed by atoms with van der Waals surface area (Å²) in [5, 5.41) is 5.34. The number of rotatable bonds is 5. The summed E-state index contributed by atoms with van der Waals surface area (Å²) in [7, 11) is 0. The van der Waals surface area contributed by atoms with Gasteiger partial charge in [0.25, 0.3) is 0 Å². The van der Waals surface area contributed by atoms with E-state index in [2.05, 4.69) is 20.1 Å². The van der Waals surface area contributed by atoms with Gasteiger partial charge in [-0.25, -0.2) is 24.0 Å². The Labute approximate surface area is 188 Å². The Bertz CT molecular complexity index is 1450. The fourth-order valence-corrected chi connectivity index (χ4v) is 3.65. The van der Waals surface area contributed by atoms with E-state index in [1.54, 1.807) is 29.1 Å². The minimum absolute atomic E-state index is 0.00740. The Morgan fingerprint density at radius 3 is 2.39 bits per heavy atom. The van der Waals surface area contributed by atoms with Gasteiger partial charge in [0.15, 0.2) is 11.5 Å². The Morgan fingerprint density at radius 2 is 1.67 bits per heavy atom. The second-order valence-electron chi connectivity index (χ2n) is 7.45. The summed E-state index contributed by atoms with van der Waals surface area (Å²) in [4.78, 5) is 13.2. The molecular formula is C24H20FN7O. The Kier molecular flexibility index (Phi) is 5.06. The van der Waals surface area contributed by atoms with Crippen LogP contribution in [0.1, 0.15) is 11.3 Å². The lowest BCUT2D eigenvalue weighted by Crippen LogP contribution is -2.05. The zero-order chi connectivity index (χ0) is 22.9. The third-order valence-corrected chi connectivity index (χ3v) is 5.16. The molecule has 0 atom stereocenters. The summed E-state index contributed by atoms with van der Waals surface area (Å²) < 4.78 is 22.2. The lowest BCUT2D eigenvalue weighted by molar-refractivity contribution is 0.304. The molecule has 5 rings (SSSR count).